The van der Waals surface area contributed by atoms with Crippen molar-refractivity contribution in [3.05, 3.63) is 40.2 Å². The van der Waals surface area contributed by atoms with E-state index in [0.717, 1.165) is 41.8 Å². The number of rotatable bonds is 4. The van der Waals surface area contributed by atoms with Gasteiger partial charge >= 0.3 is 0 Å². The number of fused-ring (bicyclic) bond motifs is 1. The fourth-order valence-electron chi connectivity index (χ4n) is 2.27. The normalized spacial score (nSPS) is 10.8. The van der Waals surface area contributed by atoms with Crippen molar-refractivity contribution in [3.8, 4) is 0 Å². The molecule has 0 radical (unpaired) electrons. The third-order valence-corrected chi connectivity index (χ3v) is 3.38. The van der Waals surface area contributed by atoms with Gasteiger partial charge in [-0.15, -0.1) is 0 Å². The molecule has 0 atom stereocenters. The average Bonchev–Trinajstić information content (AvgIpc) is 2.40. The number of nitrogens with one attached hydrogen (secondary N) is 1. The topological polar surface area (TPSA) is 36.1 Å². The van der Waals surface area contributed by atoms with Crippen molar-refractivity contribution in [1.82, 2.24) is 4.98 Å². The van der Waals surface area contributed by atoms with Gasteiger partial charge in [-0.25, -0.2) is 0 Å². The van der Waals surface area contributed by atoms with Crippen LogP contribution in [0.1, 0.15) is 26.5 Å². The summed E-state index contributed by atoms with van der Waals surface area (Å²) in [6.45, 7) is 8.19. The maximum Gasteiger partial charge on any atom is 0.189 e. The molecule has 3 heteroatoms. The highest BCUT2D eigenvalue weighted by molar-refractivity contribution is 5.82. The summed E-state index contributed by atoms with van der Waals surface area (Å²) in [7, 11) is 0. The highest BCUT2D eigenvalue weighted by Crippen LogP contribution is 2.19. The van der Waals surface area contributed by atoms with Crippen LogP contribution in [-0.4, -0.2) is 18.1 Å². The van der Waals surface area contributed by atoms with Gasteiger partial charge in [-0.1, -0.05) is 6.92 Å². The van der Waals surface area contributed by atoms with Gasteiger partial charge in [0.25, 0.3) is 0 Å². The van der Waals surface area contributed by atoms with E-state index < -0.39 is 0 Å². The minimum atomic E-state index is 0.106. The Kier molecular flexibility index (Phi) is 3.70. The van der Waals surface area contributed by atoms with E-state index in [1.807, 2.05) is 19.1 Å². The lowest BCUT2D eigenvalue weighted by Gasteiger charge is -2.21. The summed E-state index contributed by atoms with van der Waals surface area (Å²) in [6, 6.07) is 7.77. The average molecular weight is 244 g/mol. The van der Waals surface area contributed by atoms with Crippen LogP contribution in [0.3, 0.4) is 0 Å². The van der Waals surface area contributed by atoms with Crippen molar-refractivity contribution < 1.29 is 0 Å². The monoisotopic (exact) mass is 244 g/mol. The molecule has 1 N–H and O–H groups in total. The Morgan fingerprint density at radius 1 is 1.11 bits per heavy atom. The van der Waals surface area contributed by atoms with E-state index in [4.69, 9.17) is 0 Å². The molecule has 0 bridgehead atoms. The SMILES string of the molecule is CCc1cc(=O)c2cc(N(CC)CC)ccc2[nH]1. The molecule has 1 aromatic heterocycles. The number of H-pyrrole nitrogens is 1. The fraction of sp³-hybridized carbons (Fsp3) is 0.400. The first-order valence-electron chi connectivity index (χ1n) is 6.60. The van der Waals surface area contributed by atoms with Gasteiger partial charge < -0.3 is 9.88 Å². The number of pyridine rings is 1. The Morgan fingerprint density at radius 2 is 1.83 bits per heavy atom. The first-order chi connectivity index (χ1) is 8.69. The fourth-order valence-corrected chi connectivity index (χ4v) is 2.27. The van der Waals surface area contributed by atoms with Crippen molar-refractivity contribution in [2.45, 2.75) is 27.2 Å². The van der Waals surface area contributed by atoms with E-state index in [2.05, 4.69) is 29.8 Å². The maximum absolute atomic E-state index is 12.1. The van der Waals surface area contributed by atoms with Crippen molar-refractivity contribution in [1.29, 1.82) is 0 Å². The molecule has 18 heavy (non-hydrogen) atoms. The molecule has 0 saturated heterocycles. The molecule has 1 heterocycles. The van der Waals surface area contributed by atoms with Gasteiger partial charge in [-0.3, -0.25) is 4.79 Å². The lowest BCUT2D eigenvalue weighted by atomic mass is 10.1. The number of nitrogens with zero attached hydrogens (tertiary/aromatic N) is 1. The van der Waals surface area contributed by atoms with Crippen LogP contribution in [0, 0.1) is 0 Å². The summed E-state index contributed by atoms with van der Waals surface area (Å²) in [5, 5.41) is 0.775. The van der Waals surface area contributed by atoms with Crippen LogP contribution in [0.25, 0.3) is 10.9 Å². The Hall–Kier alpha value is -1.77. The molecule has 96 valence electrons. The Morgan fingerprint density at radius 3 is 2.44 bits per heavy atom. The third-order valence-electron chi connectivity index (χ3n) is 3.38. The van der Waals surface area contributed by atoms with Crippen molar-refractivity contribution in [3.63, 3.8) is 0 Å². The largest absolute Gasteiger partial charge is 0.372 e. The van der Waals surface area contributed by atoms with Crippen molar-refractivity contribution >= 4 is 16.6 Å². The quantitative estimate of drug-likeness (QED) is 0.897. The Balaban J connectivity index is 2.58. The van der Waals surface area contributed by atoms with Gasteiger partial charge in [-0.2, -0.15) is 0 Å². The molecule has 0 unspecified atom stereocenters. The minimum Gasteiger partial charge on any atom is -0.372 e. The van der Waals surface area contributed by atoms with Crippen LogP contribution in [0.5, 0.6) is 0 Å². The molecule has 2 aromatic rings. The number of hydrogen-bond donors (Lipinski definition) is 1. The molecule has 0 amide bonds. The van der Waals surface area contributed by atoms with E-state index >= 15 is 0 Å². The van der Waals surface area contributed by atoms with Gasteiger partial charge in [0.15, 0.2) is 5.43 Å². The molecular weight excluding hydrogens is 224 g/mol. The van der Waals surface area contributed by atoms with E-state index in [0.29, 0.717) is 0 Å². The zero-order valence-corrected chi connectivity index (χ0v) is 11.3. The van der Waals surface area contributed by atoms with E-state index in [9.17, 15) is 4.79 Å². The predicted octanol–water partition coefficient (Wildman–Crippen LogP) is 2.94. The van der Waals surface area contributed by atoms with Crippen LogP contribution in [0.15, 0.2) is 29.1 Å². The standard InChI is InChI=1S/C15H20N2O/c1-4-11-9-15(18)13-10-12(17(5-2)6-3)7-8-14(13)16-11/h7-10H,4-6H2,1-3H3,(H,16,18). The molecule has 0 fully saturated rings. The highest BCUT2D eigenvalue weighted by atomic mass is 16.1. The zero-order chi connectivity index (χ0) is 13.1. The number of benzene rings is 1. The second-order valence-corrected chi connectivity index (χ2v) is 4.41. The van der Waals surface area contributed by atoms with Crippen LogP contribution < -0.4 is 10.3 Å². The summed E-state index contributed by atoms with van der Waals surface area (Å²) >= 11 is 0. The van der Waals surface area contributed by atoms with Gasteiger partial charge in [0.05, 0.1) is 0 Å². The minimum absolute atomic E-state index is 0.106. The van der Waals surface area contributed by atoms with Gasteiger partial charge in [0.1, 0.15) is 0 Å². The molecule has 0 spiro atoms. The number of hydrogen-bond acceptors (Lipinski definition) is 2. The molecule has 0 saturated carbocycles. The molecule has 1 aromatic carbocycles. The third kappa shape index (κ3) is 2.26. The summed E-state index contributed by atoms with van der Waals surface area (Å²) < 4.78 is 0. The number of aromatic amines is 1. The van der Waals surface area contributed by atoms with Crippen LogP contribution in [0.2, 0.25) is 0 Å². The Labute approximate surface area is 107 Å². The lowest BCUT2D eigenvalue weighted by Crippen LogP contribution is -2.22. The number of aromatic nitrogens is 1. The molecule has 0 aliphatic heterocycles. The molecule has 3 nitrogen and oxygen atoms in total. The van der Waals surface area contributed by atoms with Crippen molar-refractivity contribution in [2.75, 3.05) is 18.0 Å². The zero-order valence-electron chi connectivity index (χ0n) is 11.3. The first kappa shape index (κ1) is 12.7. The van der Waals surface area contributed by atoms with Gasteiger partial charge in [0.2, 0.25) is 0 Å². The van der Waals surface area contributed by atoms with Gasteiger partial charge in [0, 0.05) is 41.4 Å². The van der Waals surface area contributed by atoms with Crippen molar-refractivity contribution in [2.24, 2.45) is 0 Å². The second-order valence-electron chi connectivity index (χ2n) is 4.41. The predicted molar refractivity (Wildman–Crippen MR) is 77.5 cm³/mol. The molecule has 2 rings (SSSR count). The van der Waals surface area contributed by atoms with E-state index in [-0.39, 0.29) is 5.43 Å². The lowest BCUT2D eigenvalue weighted by molar-refractivity contribution is 0.867. The van der Waals surface area contributed by atoms with Gasteiger partial charge in [-0.05, 0) is 38.5 Å². The van der Waals surface area contributed by atoms with Crippen LogP contribution in [-0.2, 0) is 6.42 Å². The second kappa shape index (κ2) is 5.25. The first-order valence-corrected chi connectivity index (χ1v) is 6.60. The number of anilines is 1. The summed E-state index contributed by atoms with van der Waals surface area (Å²) in [4.78, 5) is 17.6. The highest BCUT2D eigenvalue weighted by Gasteiger charge is 2.06. The number of aryl methyl sites for hydroxylation is 1. The summed E-state index contributed by atoms with van der Waals surface area (Å²) in [6.07, 6.45) is 0.850. The molecular formula is C15H20N2O. The summed E-state index contributed by atoms with van der Waals surface area (Å²) in [5.41, 5.74) is 3.13. The smallest absolute Gasteiger partial charge is 0.189 e. The van der Waals surface area contributed by atoms with Crippen LogP contribution >= 0.6 is 0 Å². The van der Waals surface area contributed by atoms with E-state index in [1.54, 1.807) is 6.07 Å². The maximum atomic E-state index is 12.1. The molecule has 0 aliphatic carbocycles. The summed E-state index contributed by atoms with van der Waals surface area (Å²) in [5.74, 6) is 0. The Bertz CT molecular complexity index is 597. The van der Waals surface area contributed by atoms with E-state index in [1.165, 1.54) is 0 Å². The van der Waals surface area contributed by atoms with Crippen LogP contribution in [0.4, 0.5) is 5.69 Å². The molecule has 0 aliphatic rings.